The number of carbonyl (C=O) groups is 2. The normalized spacial score (nSPS) is 10.3. The number of carbonyl (C=O) groups excluding carboxylic acids is 2. The number of ether oxygens (including phenoxy) is 1. The van der Waals surface area contributed by atoms with Crippen molar-refractivity contribution in [3.8, 4) is 5.75 Å². The van der Waals surface area contributed by atoms with Gasteiger partial charge < -0.3 is 4.74 Å². The Morgan fingerprint density at radius 3 is 2.62 bits per heavy atom. The summed E-state index contributed by atoms with van der Waals surface area (Å²) in [6, 6.07) is 5.39. The number of hydrazine groups is 1. The molecule has 5 nitrogen and oxygen atoms in total. The molecule has 0 bridgehead atoms. The lowest BCUT2D eigenvalue weighted by molar-refractivity contribution is -0.130. The maximum atomic E-state index is 11.5. The lowest BCUT2D eigenvalue weighted by atomic mass is 10.2. The highest BCUT2D eigenvalue weighted by molar-refractivity contribution is 6.30. The van der Waals surface area contributed by atoms with E-state index in [1.54, 1.807) is 26.0 Å². The Labute approximate surface area is 130 Å². The molecule has 6 heteroatoms. The summed E-state index contributed by atoms with van der Waals surface area (Å²) in [7, 11) is 0. The Hall–Kier alpha value is -1.75. The second-order valence-corrected chi connectivity index (χ2v) is 5.49. The molecule has 0 heterocycles. The summed E-state index contributed by atoms with van der Waals surface area (Å²) >= 11 is 5.86. The van der Waals surface area contributed by atoms with Crippen molar-refractivity contribution in [3.05, 3.63) is 28.8 Å². The Morgan fingerprint density at radius 1 is 1.29 bits per heavy atom. The van der Waals surface area contributed by atoms with Crippen molar-refractivity contribution in [1.82, 2.24) is 10.9 Å². The summed E-state index contributed by atoms with van der Waals surface area (Å²) in [4.78, 5) is 22.8. The van der Waals surface area contributed by atoms with Crippen LogP contribution in [0.25, 0.3) is 0 Å². The predicted octanol–water partition coefficient (Wildman–Crippen LogP) is 2.61. The molecule has 1 aromatic carbocycles. The highest BCUT2D eigenvalue weighted by atomic mass is 35.5. The molecule has 0 aliphatic heterocycles. The smallest absolute Gasteiger partial charge is 0.240 e. The van der Waals surface area contributed by atoms with E-state index in [0.717, 1.165) is 11.3 Å². The summed E-state index contributed by atoms with van der Waals surface area (Å²) in [5, 5.41) is 0.667. The molecule has 0 aliphatic rings. The van der Waals surface area contributed by atoms with Crippen LogP contribution in [0.5, 0.6) is 5.75 Å². The molecule has 2 N–H and O–H groups in total. The van der Waals surface area contributed by atoms with Gasteiger partial charge in [-0.25, -0.2) is 0 Å². The number of nitrogens with one attached hydrogen (secondary N) is 2. The third-order valence-electron chi connectivity index (χ3n) is 2.79. The van der Waals surface area contributed by atoms with Crippen LogP contribution in [0.3, 0.4) is 0 Å². The van der Waals surface area contributed by atoms with E-state index in [1.807, 2.05) is 13.0 Å². The van der Waals surface area contributed by atoms with Crippen molar-refractivity contribution < 1.29 is 14.3 Å². The van der Waals surface area contributed by atoms with E-state index in [2.05, 4.69) is 10.9 Å². The van der Waals surface area contributed by atoms with Crippen LogP contribution in [-0.4, -0.2) is 18.4 Å². The average molecular weight is 313 g/mol. The van der Waals surface area contributed by atoms with Gasteiger partial charge in [-0.3, -0.25) is 20.4 Å². The molecule has 1 rings (SSSR count). The van der Waals surface area contributed by atoms with E-state index in [9.17, 15) is 9.59 Å². The molecule has 0 aromatic heterocycles. The first-order valence-corrected chi connectivity index (χ1v) is 7.25. The maximum absolute atomic E-state index is 11.5. The minimum absolute atomic E-state index is 0.165. The van der Waals surface area contributed by atoms with Gasteiger partial charge in [-0.2, -0.15) is 0 Å². The summed E-state index contributed by atoms with van der Waals surface area (Å²) in [5.74, 6) is 0.145. The zero-order chi connectivity index (χ0) is 15.8. The molecule has 0 spiro atoms. The van der Waals surface area contributed by atoms with Gasteiger partial charge >= 0.3 is 0 Å². The first kappa shape index (κ1) is 17.3. The monoisotopic (exact) mass is 312 g/mol. The maximum Gasteiger partial charge on any atom is 0.240 e. The van der Waals surface area contributed by atoms with E-state index in [0.29, 0.717) is 18.1 Å². The number of benzene rings is 1. The standard InChI is InChI=1S/C15H21ClN2O3/c1-10(2)15(20)18-17-14(19)5-4-8-21-13-7-6-12(16)9-11(13)3/h6-7,9-10H,4-5,8H2,1-3H3,(H,17,19)(H,18,20). The van der Waals surface area contributed by atoms with Gasteiger partial charge in [0.2, 0.25) is 11.8 Å². The van der Waals surface area contributed by atoms with Gasteiger partial charge in [0.1, 0.15) is 5.75 Å². The van der Waals surface area contributed by atoms with Crippen LogP contribution < -0.4 is 15.6 Å². The molecular weight excluding hydrogens is 292 g/mol. The summed E-state index contributed by atoms with van der Waals surface area (Å²) in [5.41, 5.74) is 5.69. The highest BCUT2D eigenvalue weighted by Crippen LogP contribution is 2.21. The second kappa shape index (κ2) is 8.52. The Balaban J connectivity index is 2.22. The quantitative estimate of drug-likeness (QED) is 0.627. The molecular formula is C15H21ClN2O3. The van der Waals surface area contributed by atoms with Crippen molar-refractivity contribution in [3.63, 3.8) is 0 Å². The average Bonchev–Trinajstić information content (AvgIpc) is 2.42. The van der Waals surface area contributed by atoms with Crippen molar-refractivity contribution in [2.24, 2.45) is 5.92 Å². The molecule has 0 atom stereocenters. The topological polar surface area (TPSA) is 67.4 Å². The van der Waals surface area contributed by atoms with E-state index in [1.165, 1.54) is 0 Å². The van der Waals surface area contributed by atoms with Gasteiger partial charge in [-0.15, -0.1) is 0 Å². The van der Waals surface area contributed by atoms with Gasteiger partial charge in [-0.05, 0) is 37.1 Å². The predicted molar refractivity (Wildman–Crippen MR) is 82.0 cm³/mol. The molecule has 21 heavy (non-hydrogen) atoms. The summed E-state index contributed by atoms with van der Waals surface area (Å²) < 4.78 is 5.58. The fraction of sp³-hybridized carbons (Fsp3) is 0.467. The largest absolute Gasteiger partial charge is 0.493 e. The van der Waals surface area contributed by atoms with Crippen molar-refractivity contribution in [2.45, 2.75) is 33.6 Å². The van der Waals surface area contributed by atoms with E-state index >= 15 is 0 Å². The number of amides is 2. The molecule has 0 saturated carbocycles. The molecule has 0 aliphatic carbocycles. The van der Waals surface area contributed by atoms with Gasteiger partial charge in [0.05, 0.1) is 6.61 Å². The number of hydrogen-bond acceptors (Lipinski definition) is 3. The van der Waals surface area contributed by atoms with E-state index < -0.39 is 0 Å². The molecule has 0 saturated heterocycles. The number of halogens is 1. The third-order valence-corrected chi connectivity index (χ3v) is 3.03. The third kappa shape index (κ3) is 6.49. The molecule has 0 radical (unpaired) electrons. The van der Waals surface area contributed by atoms with Crippen molar-refractivity contribution >= 4 is 23.4 Å². The fourth-order valence-corrected chi connectivity index (χ4v) is 1.75. The molecule has 0 fully saturated rings. The van der Waals surface area contributed by atoms with Crippen LogP contribution in [0.1, 0.15) is 32.3 Å². The lowest BCUT2D eigenvalue weighted by Gasteiger charge is -2.10. The van der Waals surface area contributed by atoms with E-state index in [-0.39, 0.29) is 24.2 Å². The van der Waals surface area contributed by atoms with Crippen LogP contribution in [0.4, 0.5) is 0 Å². The highest BCUT2D eigenvalue weighted by Gasteiger charge is 2.08. The van der Waals surface area contributed by atoms with Gasteiger partial charge in [0.25, 0.3) is 0 Å². The Morgan fingerprint density at radius 2 is 2.00 bits per heavy atom. The van der Waals surface area contributed by atoms with Crippen LogP contribution in [0.2, 0.25) is 5.02 Å². The zero-order valence-electron chi connectivity index (χ0n) is 12.5. The molecule has 1 aromatic rings. The van der Waals surface area contributed by atoms with Gasteiger partial charge in [0.15, 0.2) is 0 Å². The van der Waals surface area contributed by atoms with E-state index in [4.69, 9.17) is 16.3 Å². The van der Waals surface area contributed by atoms with Gasteiger partial charge in [0, 0.05) is 17.4 Å². The fourth-order valence-electron chi connectivity index (χ4n) is 1.53. The van der Waals surface area contributed by atoms with Gasteiger partial charge in [-0.1, -0.05) is 25.4 Å². The minimum atomic E-state index is -0.236. The summed E-state index contributed by atoms with van der Waals surface area (Å²) in [6.45, 7) is 5.84. The number of rotatable bonds is 6. The van der Waals surface area contributed by atoms with Crippen LogP contribution in [0.15, 0.2) is 18.2 Å². The first-order chi connectivity index (χ1) is 9.90. The van der Waals surface area contributed by atoms with Crippen molar-refractivity contribution in [1.29, 1.82) is 0 Å². The van der Waals surface area contributed by atoms with Crippen LogP contribution >= 0.6 is 11.6 Å². The summed E-state index contributed by atoms with van der Waals surface area (Å²) in [6.07, 6.45) is 0.844. The number of aryl methyl sites for hydroxylation is 1. The molecule has 2 amide bonds. The van der Waals surface area contributed by atoms with Crippen molar-refractivity contribution in [2.75, 3.05) is 6.61 Å². The minimum Gasteiger partial charge on any atom is -0.493 e. The second-order valence-electron chi connectivity index (χ2n) is 5.05. The van der Waals surface area contributed by atoms with Crippen LogP contribution in [-0.2, 0) is 9.59 Å². The Kier molecular flexibility index (Phi) is 7.02. The first-order valence-electron chi connectivity index (χ1n) is 6.87. The SMILES string of the molecule is Cc1cc(Cl)ccc1OCCCC(=O)NNC(=O)C(C)C. The molecule has 116 valence electrons. The number of hydrogen-bond donors (Lipinski definition) is 2. The lowest BCUT2D eigenvalue weighted by Crippen LogP contribution is -2.43. The molecule has 0 unspecified atom stereocenters. The Bertz CT molecular complexity index is 504. The zero-order valence-corrected chi connectivity index (χ0v) is 13.3. The van der Waals surface area contributed by atoms with Crippen LogP contribution in [0, 0.1) is 12.8 Å².